The molecule has 2 heterocycles. The molecule has 2 aromatic heterocycles. The maximum atomic E-state index is 11.3. The molecule has 0 aliphatic rings. The van der Waals surface area contributed by atoms with E-state index in [0.717, 1.165) is 0 Å². The van der Waals surface area contributed by atoms with E-state index in [-0.39, 0.29) is 5.69 Å². The molecule has 0 spiro atoms. The van der Waals surface area contributed by atoms with E-state index in [1.165, 1.54) is 23.9 Å². The normalized spacial score (nSPS) is 10.4. The van der Waals surface area contributed by atoms with Crippen molar-refractivity contribution in [1.82, 2.24) is 14.4 Å². The Morgan fingerprint density at radius 3 is 3.07 bits per heavy atom. The Bertz CT molecular complexity index is 494. The third kappa shape index (κ3) is 1.22. The van der Waals surface area contributed by atoms with E-state index in [1.54, 1.807) is 6.07 Å². The summed E-state index contributed by atoms with van der Waals surface area (Å²) >= 11 is 5.88. The first kappa shape index (κ1) is 8.96. The van der Waals surface area contributed by atoms with Gasteiger partial charge in [0.15, 0.2) is 5.69 Å². The van der Waals surface area contributed by atoms with Gasteiger partial charge in [-0.25, -0.2) is 14.8 Å². The van der Waals surface area contributed by atoms with Crippen molar-refractivity contribution in [3.8, 4) is 0 Å². The largest absolute Gasteiger partial charge is 0.464 e. The quantitative estimate of drug-likeness (QED) is 0.525. The van der Waals surface area contributed by atoms with E-state index in [2.05, 4.69) is 14.7 Å². The lowest BCUT2D eigenvalue weighted by Crippen LogP contribution is -2.06. The van der Waals surface area contributed by atoms with Crippen LogP contribution in [0.3, 0.4) is 0 Å². The number of fused-ring (bicyclic) bond motifs is 1. The highest BCUT2D eigenvalue weighted by Gasteiger charge is 2.14. The summed E-state index contributed by atoms with van der Waals surface area (Å²) in [6.45, 7) is 0. The van der Waals surface area contributed by atoms with Gasteiger partial charge in [0.1, 0.15) is 5.15 Å². The summed E-state index contributed by atoms with van der Waals surface area (Å²) < 4.78 is 6.00. The van der Waals surface area contributed by atoms with Crippen LogP contribution in [0.25, 0.3) is 5.78 Å². The van der Waals surface area contributed by atoms with Crippen LogP contribution in [-0.4, -0.2) is 27.4 Å². The van der Waals surface area contributed by atoms with E-state index in [9.17, 15) is 4.79 Å². The van der Waals surface area contributed by atoms with Crippen molar-refractivity contribution in [2.24, 2.45) is 0 Å². The molecule has 0 saturated heterocycles. The minimum absolute atomic E-state index is 0.264. The first-order chi connectivity index (χ1) is 6.74. The number of nitrogens with zero attached hydrogens (tertiary/aromatic N) is 3. The maximum absolute atomic E-state index is 11.3. The molecule has 2 aromatic rings. The summed E-state index contributed by atoms with van der Waals surface area (Å²) in [5.74, 6) is -0.120. The van der Waals surface area contributed by atoms with Crippen LogP contribution in [0.4, 0.5) is 0 Å². The number of hydrogen-bond acceptors (Lipinski definition) is 4. The topological polar surface area (TPSA) is 56.5 Å². The van der Waals surface area contributed by atoms with Gasteiger partial charge in [0.25, 0.3) is 0 Å². The first-order valence-corrected chi connectivity index (χ1v) is 4.18. The summed E-state index contributed by atoms with van der Waals surface area (Å²) in [7, 11) is 1.30. The lowest BCUT2D eigenvalue weighted by atomic mass is 10.5. The minimum atomic E-state index is -0.493. The van der Waals surface area contributed by atoms with Crippen LogP contribution in [0, 0.1) is 0 Å². The second-order valence-corrected chi connectivity index (χ2v) is 2.93. The van der Waals surface area contributed by atoms with Crippen LogP contribution in [0.1, 0.15) is 10.5 Å². The number of carbonyl (C=O) groups excluding carboxylic acids is 1. The molecule has 0 unspecified atom stereocenters. The smallest absolute Gasteiger partial charge is 0.356 e. The summed E-state index contributed by atoms with van der Waals surface area (Å²) in [6.07, 6.45) is 2.89. The molecule has 0 N–H and O–H groups in total. The monoisotopic (exact) mass is 211 g/mol. The SMILES string of the molecule is COC(=O)c1cnc2nccc(Cl)n12. The average Bonchev–Trinajstić information content (AvgIpc) is 2.62. The summed E-state index contributed by atoms with van der Waals surface area (Å²) in [6, 6.07) is 1.57. The van der Waals surface area contributed by atoms with Crippen molar-refractivity contribution >= 4 is 23.3 Å². The van der Waals surface area contributed by atoms with Gasteiger partial charge < -0.3 is 4.74 Å². The van der Waals surface area contributed by atoms with E-state index in [4.69, 9.17) is 11.6 Å². The van der Waals surface area contributed by atoms with Crippen LogP contribution in [-0.2, 0) is 4.74 Å². The van der Waals surface area contributed by atoms with E-state index < -0.39 is 5.97 Å². The van der Waals surface area contributed by atoms with E-state index in [1.807, 2.05) is 0 Å². The third-order valence-corrected chi connectivity index (χ3v) is 2.05. The fraction of sp³-hybridized carbons (Fsp3) is 0.125. The predicted molar refractivity (Wildman–Crippen MR) is 49.3 cm³/mol. The zero-order valence-corrected chi connectivity index (χ0v) is 8.02. The molecule has 0 radical (unpaired) electrons. The molecular weight excluding hydrogens is 206 g/mol. The fourth-order valence-electron chi connectivity index (χ4n) is 1.13. The zero-order valence-electron chi connectivity index (χ0n) is 7.27. The third-order valence-electron chi connectivity index (χ3n) is 1.75. The minimum Gasteiger partial charge on any atom is -0.464 e. The number of aromatic nitrogens is 3. The predicted octanol–water partition coefficient (Wildman–Crippen LogP) is 1.17. The maximum Gasteiger partial charge on any atom is 0.356 e. The lowest BCUT2D eigenvalue weighted by Gasteiger charge is -2.00. The van der Waals surface area contributed by atoms with Crippen LogP contribution in [0.15, 0.2) is 18.5 Å². The van der Waals surface area contributed by atoms with Crippen molar-refractivity contribution in [2.75, 3.05) is 7.11 Å². The second-order valence-electron chi connectivity index (χ2n) is 2.54. The molecule has 0 aliphatic carbocycles. The fourth-order valence-corrected chi connectivity index (χ4v) is 1.36. The molecular formula is C8H6ClN3O2. The number of methoxy groups -OCH3 is 1. The van der Waals surface area contributed by atoms with Crippen molar-refractivity contribution in [1.29, 1.82) is 0 Å². The van der Waals surface area contributed by atoms with Crippen molar-refractivity contribution in [3.63, 3.8) is 0 Å². The van der Waals surface area contributed by atoms with Crippen LogP contribution in [0.5, 0.6) is 0 Å². The van der Waals surface area contributed by atoms with Gasteiger partial charge >= 0.3 is 5.97 Å². The van der Waals surface area contributed by atoms with Gasteiger partial charge in [-0.05, 0) is 6.07 Å². The molecule has 2 rings (SSSR count). The number of halogens is 1. The Kier molecular flexibility index (Phi) is 2.09. The summed E-state index contributed by atoms with van der Waals surface area (Å²) in [5, 5.41) is 0.368. The van der Waals surface area contributed by atoms with Crippen LogP contribution < -0.4 is 0 Å². The zero-order chi connectivity index (χ0) is 10.1. The molecule has 0 amide bonds. The number of esters is 1. The number of hydrogen-bond donors (Lipinski definition) is 0. The van der Waals surface area contributed by atoms with Gasteiger partial charge in [-0.15, -0.1) is 0 Å². The molecule has 5 nitrogen and oxygen atoms in total. The van der Waals surface area contributed by atoms with Gasteiger partial charge in [0.05, 0.1) is 13.3 Å². The van der Waals surface area contributed by atoms with E-state index >= 15 is 0 Å². The van der Waals surface area contributed by atoms with Crippen molar-refractivity contribution in [2.45, 2.75) is 0 Å². The highest BCUT2D eigenvalue weighted by atomic mass is 35.5. The molecule has 72 valence electrons. The van der Waals surface area contributed by atoms with Gasteiger partial charge in [-0.1, -0.05) is 11.6 Å². The highest BCUT2D eigenvalue weighted by Crippen LogP contribution is 2.13. The van der Waals surface area contributed by atoms with E-state index in [0.29, 0.717) is 10.9 Å². The molecule has 0 fully saturated rings. The van der Waals surface area contributed by atoms with Crippen molar-refractivity contribution < 1.29 is 9.53 Å². The van der Waals surface area contributed by atoms with Crippen LogP contribution in [0.2, 0.25) is 5.15 Å². The lowest BCUT2D eigenvalue weighted by molar-refractivity contribution is 0.0593. The first-order valence-electron chi connectivity index (χ1n) is 3.80. The summed E-state index contributed by atoms with van der Waals surface area (Å²) in [5.41, 5.74) is 0.264. The molecule has 0 aliphatic heterocycles. The number of ether oxygens (including phenoxy) is 1. The number of imidazole rings is 1. The molecule has 0 atom stereocenters. The molecule has 0 aromatic carbocycles. The van der Waals surface area contributed by atoms with Gasteiger partial charge in [0.2, 0.25) is 5.78 Å². The highest BCUT2D eigenvalue weighted by molar-refractivity contribution is 6.29. The van der Waals surface area contributed by atoms with Gasteiger partial charge in [-0.2, -0.15) is 0 Å². The molecule has 0 saturated carbocycles. The molecule has 6 heteroatoms. The van der Waals surface area contributed by atoms with Crippen LogP contribution >= 0.6 is 11.6 Å². The number of rotatable bonds is 1. The standard InChI is InChI=1S/C8H6ClN3O2/c1-14-7(13)5-4-11-8-10-3-2-6(9)12(5)8/h2-4H,1H3. The van der Waals surface area contributed by atoms with Crippen molar-refractivity contribution in [3.05, 3.63) is 29.3 Å². The Hall–Kier alpha value is -1.62. The molecule has 14 heavy (non-hydrogen) atoms. The average molecular weight is 212 g/mol. The van der Waals surface area contributed by atoms with Gasteiger partial charge in [0, 0.05) is 6.20 Å². The van der Waals surface area contributed by atoms with Gasteiger partial charge in [-0.3, -0.25) is 4.40 Å². The number of carbonyl (C=O) groups is 1. The second kappa shape index (κ2) is 3.26. The Labute approximate surface area is 84.3 Å². The Morgan fingerprint density at radius 1 is 1.57 bits per heavy atom. The summed E-state index contributed by atoms with van der Waals surface area (Å²) in [4.78, 5) is 19.1. The Morgan fingerprint density at radius 2 is 2.36 bits per heavy atom. The molecule has 0 bridgehead atoms. The Balaban J connectivity index is 2.73.